The highest BCUT2D eigenvalue weighted by atomic mass is 16.6. The molecule has 0 aromatic carbocycles. The van der Waals surface area contributed by atoms with E-state index in [0.717, 1.165) is 36.5 Å². The maximum absolute atomic E-state index is 9.47. The maximum atomic E-state index is 9.47. The number of hydrogen-bond acceptors (Lipinski definition) is 2. The molecule has 1 saturated heterocycles. The van der Waals surface area contributed by atoms with Crippen LogP contribution in [0.1, 0.15) is 98.3 Å². The number of aliphatic hydroxyl groups is 1. The molecule has 4 fully saturated rings. The summed E-state index contributed by atoms with van der Waals surface area (Å²) in [4.78, 5) is 0. The van der Waals surface area contributed by atoms with E-state index >= 15 is 0 Å². The van der Waals surface area contributed by atoms with Crippen LogP contribution in [0.2, 0.25) is 0 Å². The topological polar surface area (TPSA) is 32.8 Å². The van der Waals surface area contributed by atoms with Gasteiger partial charge in [-0.2, -0.15) is 0 Å². The van der Waals surface area contributed by atoms with Crippen LogP contribution in [0.3, 0.4) is 0 Å². The molecule has 3 unspecified atom stereocenters. The molecule has 1 heterocycles. The van der Waals surface area contributed by atoms with Gasteiger partial charge in [0.05, 0.1) is 18.3 Å². The Morgan fingerprint density at radius 1 is 0.625 bits per heavy atom. The third kappa shape index (κ3) is 6.33. The van der Waals surface area contributed by atoms with Crippen molar-refractivity contribution in [1.82, 2.24) is 0 Å². The normalized spacial score (nSPS) is 44.1. The molecule has 1 aliphatic heterocycles. The molecule has 0 spiro atoms. The van der Waals surface area contributed by atoms with E-state index in [1.54, 1.807) is 0 Å². The minimum atomic E-state index is 0.0220. The molecule has 4 rings (SSSR count). The van der Waals surface area contributed by atoms with Crippen molar-refractivity contribution >= 4 is 0 Å². The van der Waals surface area contributed by atoms with Crippen molar-refractivity contribution < 1.29 is 9.84 Å². The van der Waals surface area contributed by atoms with E-state index in [2.05, 4.69) is 13.8 Å². The summed E-state index contributed by atoms with van der Waals surface area (Å²) in [5.74, 6) is 3.85. The average Bonchev–Trinajstić information content (AvgIpc) is 3.37. The van der Waals surface area contributed by atoms with Crippen LogP contribution in [0.25, 0.3) is 0 Å². The van der Waals surface area contributed by atoms with Crippen molar-refractivity contribution in [2.45, 2.75) is 117 Å². The first-order chi connectivity index (χ1) is 11.6. The van der Waals surface area contributed by atoms with Gasteiger partial charge in [-0.05, 0) is 81.5 Å². The number of rotatable bonds is 1. The largest absolute Gasteiger partial charge is 0.393 e. The van der Waals surface area contributed by atoms with Crippen molar-refractivity contribution in [2.75, 3.05) is 0 Å². The first-order valence-electron chi connectivity index (χ1n) is 10.9. The summed E-state index contributed by atoms with van der Waals surface area (Å²) in [5.41, 5.74) is 0. The molecular weight excluding hydrogens is 296 g/mol. The Morgan fingerprint density at radius 3 is 1.62 bits per heavy atom. The molecule has 3 aliphatic carbocycles. The van der Waals surface area contributed by atoms with Crippen molar-refractivity contribution in [3.63, 3.8) is 0 Å². The van der Waals surface area contributed by atoms with E-state index in [1.807, 2.05) is 13.8 Å². The molecule has 2 nitrogen and oxygen atoms in total. The fourth-order valence-electron chi connectivity index (χ4n) is 4.93. The molecule has 4 aliphatic rings. The fourth-order valence-corrected chi connectivity index (χ4v) is 4.93. The SMILES string of the molecule is CC.CC1CCC(C2CCC(O)CC2)CC1.CC1CCC2OC2C1. The van der Waals surface area contributed by atoms with Crippen molar-refractivity contribution in [3.05, 3.63) is 0 Å². The first-order valence-corrected chi connectivity index (χ1v) is 10.9. The van der Waals surface area contributed by atoms with Gasteiger partial charge in [0, 0.05) is 0 Å². The molecular formula is C22H42O2. The van der Waals surface area contributed by atoms with E-state index in [1.165, 1.54) is 57.8 Å². The van der Waals surface area contributed by atoms with Gasteiger partial charge in [-0.3, -0.25) is 0 Å². The highest BCUT2D eigenvalue weighted by Gasteiger charge is 2.42. The average molecular weight is 339 g/mol. The van der Waals surface area contributed by atoms with Gasteiger partial charge in [0.15, 0.2) is 0 Å². The van der Waals surface area contributed by atoms with Crippen molar-refractivity contribution in [2.24, 2.45) is 23.7 Å². The Bertz CT molecular complexity index is 307. The van der Waals surface area contributed by atoms with E-state index in [-0.39, 0.29) is 6.10 Å². The monoisotopic (exact) mass is 338 g/mol. The van der Waals surface area contributed by atoms with Crippen LogP contribution in [0.4, 0.5) is 0 Å². The van der Waals surface area contributed by atoms with Crippen molar-refractivity contribution in [1.29, 1.82) is 0 Å². The Morgan fingerprint density at radius 2 is 1.12 bits per heavy atom. The molecule has 1 N–H and O–H groups in total. The van der Waals surface area contributed by atoms with E-state index in [4.69, 9.17) is 4.74 Å². The Kier molecular flexibility index (Phi) is 8.57. The van der Waals surface area contributed by atoms with Gasteiger partial charge in [0.1, 0.15) is 0 Å². The smallest absolute Gasteiger partial charge is 0.0844 e. The van der Waals surface area contributed by atoms with E-state index in [0.29, 0.717) is 12.2 Å². The maximum Gasteiger partial charge on any atom is 0.0844 e. The Balaban J connectivity index is 0.000000176. The quantitative estimate of drug-likeness (QED) is 0.598. The number of epoxide rings is 1. The molecule has 3 saturated carbocycles. The standard InChI is InChI=1S/C13H24O.C7H12O.C2H6/c1-10-2-4-11(5-3-10)12-6-8-13(14)9-7-12;1-5-2-3-6-7(4-5)8-6;1-2/h10-14H,2-9H2,1H3;5-7H,2-4H2,1H3;1-2H3. The van der Waals surface area contributed by atoms with Gasteiger partial charge >= 0.3 is 0 Å². The van der Waals surface area contributed by atoms with Crippen LogP contribution in [0, 0.1) is 23.7 Å². The zero-order valence-corrected chi connectivity index (χ0v) is 16.7. The van der Waals surface area contributed by atoms with Gasteiger partial charge in [0.25, 0.3) is 0 Å². The van der Waals surface area contributed by atoms with Crippen molar-refractivity contribution in [3.8, 4) is 0 Å². The van der Waals surface area contributed by atoms with Crippen LogP contribution in [0.5, 0.6) is 0 Å². The van der Waals surface area contributed by atoms with Crippen LogP contribution >= 0.6 is 0 Å². The molecule has 0 amide bonds. The zero-order chi connectivity index (χ0) is 17.5. The lowest BCUT2D eigenvalue weighted by Gasteiger charge is -2.36. The van der Waals surface area contributed by atoms with Gasteiger partial charge in [0.2, 0.25) is 0 Å². The summed E-state index contributed by atoms with van der Waals surface area (Å²) >= 11 is 0. The van der Waals surface area contributed by atoms with Crippen LogP contribution in [-0.4, -0.2) is 23.4 Å². The summed E-state index contributed by atoms with van der Waals surface area (Å²) in [6.07, 6.45) is 16.0. The summed E-state index contributed by atoms with van der Waals surface area (Å²) in [6, 6.07) is 0. The molecule has 0 aromatic rings. The summed E-state index contributed by atoms with van der Waals surface area (Å²) in [7, 11) is 0. The predicted molar refractivity (Wildman–Crippen MR) is 102 cm³/mol. The predicted octanol–water partition coefficient (Wildman–Crippen LogP) is 5.96. The number of aliphatic hydroxyl groups excluding tert-OH is 1. The Hall–Kier alpha value is -0.0800. The lowest BCUT2D eigenvalue weighted by molar-refractivity contribution is 0.0780. The third-order valence-corrected chi connectivity index (χ3v) is 6.73. The summed E-state index contributed by atoms with van der Waals surface area (Å²) in [6.45, 7) is 8.71. The second-order valence-electron chi connectivity index (χ2n) is 8.72. The fraction of sp³-hybridized carbons (Fsp3) is 1.00. The molecule has 0 aromatic heterocycles. The number of fused-ring (bicyclic) bond motifs is 1. The minimum absolute atomic E-state index is 0.0220. The van der Waals surface area contributed by atoms with Crippen LogP contribution in [-0.2, 0) is 4.74 Å². The van der Waals surface area contributed by atoms with Gasteiger partial charge < -0.3 is 9.84 Å². The zero-order valence-electron chi connectivity index (χ0n) is 16.7. The minimum Gasteiger partial charge on any atom is -0.393 e. The van der Waals surface area contributed by atoms with Crippen LogP contribution < -0.4 is 0 Å². The third-order valence-electron chi connectivity index (χ3n) is 6.73. The lowest BCUT2D eigenvalue weighted by atomic mass is 9.71. The second-order valence-corrected chi connectivity index (χ2v) is 8.72. The first kappa shape index (κ1) is 20.2. The van der Waals surface area contributed by atoms with Gasteiger partial charge in [-0.15, -0.1) is 0 Å². The number of hydrogen-bond donors (Lipinski definition) is 1. The summed E-state index contributed by atoms with van der Waals surface area (Å²) < 4.78 is 5.35. The van der Waals surface area contributed by atoms with Gasteiger partial charge in [-0.1, -0.05) is 40.5 Å². The second kappa shape index (κ2) is 10.2. The van der Waals surface area contributed by atoms with E-state index < -0.39 is 0 Å². The number of ether oxygens (including phenoxy) is 1. The molecule has 3 atom stereocenters. The highest BCUT2D eigenvalue weighted by molar-refractivity contribution is 4.90. The Labute approximate surface area is 150 Å². The van der Waals surface area contributed by atoms with Crippen LogP contribution in [0.15, 0.2) is 0 Å². The summed E-state index contributed by atoms with van der Waals surface area (Å²) in [5, 5.41) is 9.47. The van der Waals surface area contributed by atoms with Gasteiger partial charge in [-0.25, -0.2) is 0 Å². The lowest BCUT2D eigenvalue weighted by Crippen LogP contribution is -2.26. The molecule has 2 heteroatoms. The highest BCUT2D eigenvalue weighted by Crippen LogP contribution is 2.40. The molecule has 142 valence electrons. The molecule has 24 heavy (non-hydrogen) atoms. The van der Waals surface area contributed by atoms with E-state index in [9.17, 15) is 5.11 Å². The molecule has 0 radical (unpaired) electrons. The molecule has 0 bridgehead atoms.